The van der Waals surface area contributed by atoms with E-state index in [1.807, 2.05) is 18.2 Å². The van der Waals surface area contributed by atoms with Gasteiger partial charge in [-0.1, -0.05) is 6.07 Å². The Balaban J connectivity index is 1.76. The summed E-state index contributed by atoms with van der Waals surface area (Å²) < 4.78 is 0. The van der Waals surface area contributed by atoms with Crippen molar-refractivity contribution >= 4 is 5.91 Å². The first kappa shape index (κ1) is 11.1. The highest BCUT2D eigenvalue weighted by atomic mass is 16.1. The Bertz CT molecular complexity index is 360. The topological polar surface area (TPSA) is 68.0 Å². The van der Waals surface area contributed by atoms with E-state index in [0.29, 0.717) is 13.0 Å². The highest BCUT2D eigenvalue weighted by Gasteiger charge is 2.32. The second kappa shape index (κ2) is 4.61. The smallest absolute Gasteiger partial charge is 0.226 e. The minimum Gasteiger partial charge on any atom is -0.354 e. The molecular weight excluding hydrogens is 202 g/mol. The molecule has 1 aromatic rings. The van der Waals surface area contributed by atoms with Crippen molar-refractivity contribution in [3.05, 3.63) is 30.1 Å². The number of carbonyl (C=O) groups is 1. The van der Waals surface area contributed by atoms with Crippen LogP contribution in [0.5, 0.6) is 0 Å². The molecule has 1 amide bonds. The zero-order valence-corrected chi connectivity index (χ0v) is 9.28. The average molecular weight is 219 g/mol. The summed E-state index contributed by atoms with van der Waals surface area (Å²) in [5.74, 6) is -0.00424. The lowest BCUT2D eigenvalue weighted by molar-refractivity contribution is -0.120. The normalized spacial score (nSPS) is 17.6. The first-order valence-electron chi connectivity index (χ1n) is 5.63. The van der Waals surface area contributed by atoms with Gasteiger partial charge in [-0.3, -0.25) is 9.78 Å². The van der Waals surface area contributed by atoms with Gasteiger partial charge in [0.25, 0.3) is 0 Å². The van der Waals surface area contributed by atoms with Gasteiger partial charge in [-0.25, -0.2) is 0 Å². The quantitative estimate of drug-likeness (QED) is 0.780. The van der Waals surface area contributed by atoms with Crippen molar-refractivity contribution in [1.82, 2.24) is 10.3 Å². The summed E-state index contributed by atoms with van der Waals surface area (Å²) in [6, 6.07) is 5.57. The minimum atomic E-state index is -0.153. The van der Waals surface area contributed by atoms with Crippen LogP contribution in [-0.4, -0.2) is 23.0 Å². The van der Waals surface area contributed by atoms with E-state index in [2.05, 4.69) is 10.3 Å². The molecule has 2 rings (SSSR count). The average Bonchev–Trinajstić information content (AvgIpc) is 2.25. The molecule has 1 heterocycles. The van der Waals surface area contributed by atoms with Crippen LogP contribution >= 0.6 is 0 Å². The maximum atomic E-state index is 11.6. The highest BCUT2D eigenvalue weighted by molar-refractivity contribution is 5.78. The van der Waals surface area contributed by atoms with Crippen LogP contribution in [0, 0.1) is 0 Å². The molecule has 1 aliphatic carbocycles. The maximum Gasteiger partial charge on any atom is 0.226 e. The van der Waals surface area contributed by atoms with E-state index < -0.39 is 0 Å². The molecule has 0 aliphatic heterocycles. The van der Waals surface area contributed by atoms with Crippen LogP contribution in [0.4, 0.5) is 0 Å². The zero-order valence-electron chi connectivity index (χ0n) is 9.28. The van der Waals surface area contributed by atoms with Crippen LogP contribution in [0.1, 0.15) is 25.0 Å². The SMILES string of the molecule is NC1(CNC(=O)Cc2ccccn2)CCC1. The molecule has 16 heavy (non-hydrogen) atoms. The summed E-state index contributed by atoms with van der Waals surface area (Å²) in [4.78, 5) is 15.7. The van der Waals surface area contributed by atoms with Crippen molar-refractivity contribution < 1.29 is 4.79 Å². The number of carbonyl (C=O) groups excluding carboxylic acids is 1. The number of nitrogens with two attached hydrogens (primary N) is 1. The van der Waals surface area contributed by atoms with Gasteiger partial charge in [0.1, 0.15) is 0 Å². The third-order valence-corrected chi connectivity index (χ3v) is 3.05. The molecular formula is C12H17N3O. The van der Waals surface area contributed by atoms with Crippen molar-refractivity contribution in [1.29, 1.82) is 0 Å². The molecule has 4 heteroatoms. The van der Waals surface area contributed by atoms with E-state index >= 15 is 0 Å². The van der Waals surface area contributed by atoms with Gasteiger partial charge in [0.2, 0.25) is 5.91 Å². The number of nitrogens with one attached hydrogen (secondary N) is 1. The molecule has 3 N–H and O–H groups in total. The Morgan fingerprint density at radius 2 is 2.31 bits per heavy atom. The lowest BCUT2D eigenvalue weighted by atomic mass is 9.78. The summed E-state index contributed by atoms with van der Waals surface area (Å²) in [6.07, 6.45) is 5.22. The predicted octanol–water partition coefficient (Wildman–Crippen LogP) is 0.622. The fourth-order valence-electron chi connectivity index (χ4n) is 1.81. The van der Waals surface area contributed by atoms with E-state index in [1.54, 1.807) is 6.20 Å². The highest BCUT2D eigenvalue weighted by Crippen LogP contribution is 2.27. The number of aromatic nitrogens is 1. The van der Waals surface area contributed by atoms with Crippen molar-refractivity contribution in [2.45, 2.75) is 31.2 Å². The Morgan fingerprint density at radius 1 is 1.50 bits per heavy atom. The second-order valence-electron chi connectivity index (χ2n) is 4.49. The Labute approximate surface area is 95.3 Å². The molecule has 0 bridgehead atoms. The first-order chi connectivity index (χ1) is 7.68. The summed E-state index contributed by atoms with van der Waals surface area (Å²) >= 11 is 0. The molecule has 0 spiro atoms. The second-order valence-corrected chi connectivity index (χ2v) is 4.49. The lowest BCUT2D eigenvalue weighted by Gasteiger charge is -2.38. The van der Waals surface area contributed by atoms with Crippen LogP contribution in [0.2, 0.25) is 0 Å². The zero-order chi connectivity index (χ0) is 11.4. The Hall–Kier alpha value is -1.42. The van der Waals surface area contributed by atoms with Crippen LogP contribution in [0.3, 0.4) is 0 Å². The predicted molar refractivity (Wildman–Crippen MR) is 61.7 cm³/mol. The van der Waals surface area contributed by atoms with E-state index in [9.17, 15) is 4.79 Å². The van der Waals surface area contributed by atoms with E-state index in [0.717, 1.165) is 18.5 Å². The van der Waals surface area contributed by atoms with E-state index in [-0.39, 0.29) is 11.4 Å². The molecule has 1 aliphatic rings. The number of rotatable bonds is 4. The molecule has 1 fully saturated rings. The summed E-state index contributed by atoms with van der Waals surface area (Å²) in [5, 5.41) is 2.87. The maximum absolute atomic E-state index is 11.6. The number of pyridine rings is 1. The van der Waals surface area contributed by atoms with Gasteiger partial charge in [-0.05, 0) is 31.4 Å². The Kier molecular flexibility index (Phi) is 3.19. The number of hydrogen-bond donors (Lipinski definition) is 2. The molecule has 1 saturated carbocycles. The van der Waals surface area contributed by atoms with Crippen molar-refractivity contribution in [2.24, 2.45) is 5.73 Å². The van der Waals surface area contributed by atoms with Crippen LogP contribution in [0.25, 0.3) is 0 Å². The monoisotopic (exact) mass is 219 g/mol. The van der Waals surface area contributed by atoms with Gasteiger partial charge in [0, 0.05) is 24.0 Å². The van der Waals surface area contributed by atoms with Crippen molar-refractivity contribution in [2.75, 3.05) is 6.54 Å². The largest absolute Gasteiger partial charge is 0.354 e. The molecule has 4 nitrogen and oxygen atoms in total. The third-order valence-electron chi connectivity index (χ3n) is 3.05. The van der Waals surface area contributed by atoms with Gasteiger partial charge < -0.3 is 11.1 Å². The van der Waals surface area contributed by atoms with Crippen LogP contribution in [-0.2, 0) is 11.2 Å². The molecule has 0 radical (unpaired) electrons. The fourth-order valence-corrected chi connectivity index (χ4v) is 1.81. The van der Waals surface area contributed by atoms with Gasteiger partial charge >= 0.3 is 0 Å². The van der Waals surface area contributed by atoms with Gasteiger partial charge in [-0.15, -0.1) is 0 Å². The van der Waals surface area contributed by atoms with Gasteiger partial charge in [-0.2, -0.15) is 0 Å². The van der Waals surface area contributed by atoms with Gasteiger partial charge in [0.15, 0.2) is 0 Å². The fraction of sp³-hybridized carbons (Fsp3) is 0.500. The number of nitrogens with zero attached hydrogens (tertiary/aromatic N) is 1. The summed E-state index contributed by atoms with van der Waals surface area (Å²) in [5.41, 5.74) is 6.65. The molecule has 0 atom stereocenters. The Morgan fingerprint density at radius 3 is 2.88 bits per heavy atom. The molecule has 0 aromatic carbocycles. The van der Waals surface area contributed by atoms with E-state index in [1.165, 1.54) is 6.42 Å². The van der Waals surface area contributed by atoms with E-state index in [4.69, 9.17) is 5.73 Å². The number of amides is 1. The van der Waals surface area contributed by atoms with Crippen LogP contribution in [0.15, 0.2) is 24.4 Å². The summed E-state index contributed by atoms with van der Waals surface area (Å²) in [6.45, 7) is 0.582. The third kappa shape index (κ3) is 2.79. The number of hydrogen-bond acceptors (Lipinski definition) is 3. The molecule has 0 unspecified atom stereocenters. The standard InChI is InChI=1S/C12H17N3O/c13-12(5-3-6-12)9-15-11(16)8-10-4-1-2-7-14-10/h1-2,4,7H,3,5-6,8-9,13H2,(H,15,16). The lowest BCUT2D eigenvalue weighted by Crippen LogP contribution is -2.55. The minimum absolute atomic E-state index is 0.00424. The molecule has 1 aromatic heterocycles. The molecule has 86 valence electrons. The van der Waals surface area contributed by atoms with Gasteiger partial charge in [0.05, 0.1) is 6.42 Å². The van der Waals surface area contributed by atoms with Crippen molar-refractivity contribution in [3.8, 4) is 0 Å². The molecule has 0 saturated heterocycles. The van der Waals surface area contributed by atoms with Crippen molar-refractivity contribution in [3.63, 3.8) is 0 Å². The van der Waals surface area contributed by atoms with Crippen LogP contribution < -0.4 is 11.1 Å². The first-order valence-corrected chi connectivity index (χ1v) is 5.63. The summed E-state index contributed by atoms with van der Waals surface area (Å²) in [7, 11) is 0.